The molecule has 0 bridgehead atoms. The van der Waals surface area contributed by atoms with Gasteiger partial charge in [-0.1, -0.05) is 6.07 Å². The van der Waals surface area contributed by atoms with E-state index in [1.807, 2.05) is 43.5 Å². The molecule has 4 rings (SSSR count). The molecule has 1 aliphatic heterocycles. The second-order valence-electron chi connectivity index (χ2n) is 6.63. The number of rotatable bonds is 3. The Kier molecular flexibility index (Phi) is 4.34. The third-order valence-electron chi connectivity index (χ3n) is 4.74. The Balaban J connectivity index is 1.51. The minimum Gasteiger partial charge on any atom is -0.399 e. The van der Waals surface area contributed by atoms with Crippen LogP contribution in [0.3, 0.4) is 0 Å². The molecule has 3 heterocycles. The second kappa shape index (κ2) is 6.80. The molecule has 0 spiro atoms. The Morgan fingerprint density at radius 2 is 1.92 bits per heavy atom. The minimum atomic E-state index is -0.432. The van der Waals surface area contributed by atoms with Crippen molar-refractivity contribution in [2.45, 2.75) is 26.4 Å². The molecule has 0 fully saturated rings. The molecule has 0 atom stereocenters. The summed E-state index contributed by atoms with van der Waals surface area (Å²) in [6.45, 7) is 4.28. The number of aryl methyl sites for hydroxylation is 1. The first kappa shape index (κ1) is 16.6. The molecule has 0 aliphatic carbocycles. The van der Waals surface area contributed by atoms with Crippen molar-refractivity contribution in [3.63, 3.8) is 0 Å². The van der Waals surface area contributed by atoms with Gasteiger partial charge >= 0.3 is 0 Å². The van der Waals surface area contributed by atoms with Crippen molar-refractivity contribution >= 4 is 5.69 Å². The van der Waals surface area contributed by atoms with Crippen LogP contribution >= 0.6 is 0 Å². The van der Waals surface area contributed by atoms with Crippen molar-refractivity contribution in [2.24, 2.45) is 0 Å². The molecule has 5 nitrogen and oxygen atoms in total. The van der Waals surface area contributed by atoms with Gasteiger partial charge in [-0.3, -0.25) is 4.90 Å². The summed E-state index contributed by atoms with van der Waals surface area (Å²) in [5.41, 5.74) is 11.5. The third kappa shape index (κ3) is 3.41. The van der Waals surface area contributed by atoms with Gasteiger partial charge in [-0.2, -0.15) is 4.39 Å². The van der Waals surface area contributed by atoms with Crippen LogP contribution in [-0.2, 0) is 19.5 Å². The Morgan fingerprint density at radius 3 is 2.69 bits per heavy atom. The standard InChI is InChI=1S/C20H20FN5/c1-13-15(4-7-19(21)24-13)11-26-9-8-18-16(12-26)10-23-20(25-18)14-2-5-17(22)6-3-14/h2-7,10H,8-9,11-12,22H2,1H3. The van der Waals surface area contributed by atoms with Gasteiger partial charge in [0, 0.05) is 54.8 Å². The highest BCUT2D eigenvalue weighted by Crippen LogP contribution is 2.23. The summed E-state index contributed by atoms with van der Waals surface area (Å²) in [7, 11) is 0. The number of fused-ring (bicyclic) bond motifs is 1. The molecule has 0 unspecified atom stereocenters. The first-order valence-corrected chi connectivity index (χ1v) is 8.63. The maximum absolute atomic E-state index is 13.2. The van der Waals surface area contributed by atoms with Crippen LogP contribution in [0.1, 0.15) is 22.5 Å². The van der Waals surface area contributed by atoms with Crippen LogP contribution in [0, 0.1) is 12.9 Å². The van der Waals surface area contributed by atoms with Crippen LogP contribution in [-0.4, -0.2) is 26.4 Å². The zero-order valence-corrected chi connectivity index (χ0v) is 14.6. The molecule has 26 heavy (non-hydrogen) atoms. The molecular formula is C20H20FN5. The van der Waals surface area contributed by atoms with E-state index in [-0.39, 0.29) is 0 Å². The molecule has 1 aromatic carbocycles. The first-order valence-electron chi connectivity index (χ1n) is 8.63. The highest BCUT2D eigenvalue weighted by atomic mass is 19.1. The molecule has 3 aromatic rings. The SMILES string of the molecule is Cc1nc(F)ccc1CN1CCc2nc(-c3ccc(N)cc3)ncc2C1. The molecular weight excluding hydrogens is 329 g/mol. The lowest BCUT2D eigenvalue weighted by Crippen LogP contribution is -2.31. The Labute approximate surface area is 151 Å². The van der Waals surface area contributed by atoms with Gasteiger partial charge in [-0.15, -0.1) is 0 Å². The molecule has 2 N–H and O–H groups in total. The van der Waals surface area contributed by atoms with E-state index in [0.29, 0.717) is 0 Å². The van der Waals surface area contributed by atoms with Crippen LogP contribution in [0.15, 0.2) is 42.6 Å². The summed E-state index contributed by atoms with van der Waals surface area (Å²) < 4.78 is 13.2. The highest BCUT2D eigenvalue weighted by Gasteiger charge is 2.19. The molecule has 0 amide bonds. The van der Waals surface area contributed by atoms with Crippen LogP contribution in [0.2, 0.25) is 0 Å². The zero-order chi connectivity index (χ0) is 18.1. The fourth-order valence-corrected chi connectivity index (χ4v) is 3.25. The van der Waals surface area contributed by atoms with Crippen molar-refractivity contribution in [1.82, 2.24) is 19.9 Å². The second-order valence-corrected chi connectivity index (χ2v) is 6.63. The van der Waals surface area contributed by atoms with Crippen molar-refractivity contribution in [3.8, 4) is 11.4 Å². The van der Waals surface area contributed by atoms with E-state index < -0.39 is 5.95 Å². The van der Waals surface area contributed by atoms with E-state index in [9.17, 15) is 4.39 Å². The van der Waals surface area contributed by atoms with Gasteiger partial charge in [0.25, 0.3) is 0 Å². The number of halogens is 1. The van der Waals surface area contributed by atoms with Gasteiger partial charge in [0.05, 0.1) is 5.69 Å². The normalized spacial score (nSPS) is 14.2. The maximum Gasteiger partial charge on any atom is 0.213 e. The Morgan fingerprint density at radius 1 is 1.12 bits per heavy atom. The van der Waals surface area contributed by atoms with Gasteiger partial charge in [0.1, 0.15) is 0 Å². The Bertz CT molecular complexity index is 939. The molecule has 0 saturated heterocycles. The van der Waals surface area contributed by atoms with Gasteiger partial charge in [-0.25, -0.2) is 15.0 Å². The summed E-state index contributed by atoms with van der Waals surface area (Å²) in [6.07, 6.45) is 2.78. The lowest BCUT2D eigenvalue weighted by Gasteiger charge is -2.28. The number of hydrogen-bond donors (Lipinski definition) is 1. The van der Waals surface area contributed by atoms with Gasteiger partial charge < -0.3 is 5.73 Å². The molecule has 6 heteroatoms. The zero-order valence-electron chi connectivity index (χ0n) is 14.6. The number of nitrogen functional groups attached to an aromatic ring is 1. The number of aromatic nitrogens is 3. The van der Waals surface area contributed by atoms with E-state index in [0.717, 1.165) is 65.6 Å². The number of pyridine rings is 1. The van der Waals surface area contributed by atoms with E-state index >= 15 is 0 Å². The first-order chi connectivity index (χ1) is 12.6. The van der Waals surface area contributed by atoms with Gasteiger partial charge in [0.2, 0.25) is 5.95 Å². The number of benzene rings is 1. The number of hydrogen-bond acceptors (Lipinski definition) is 5. The summed E-state index contributed by atoms with van der Waals surface area (Å²) in [5.74, 6) is 0.301. The van der Waals surface area contributed by atoms with E-state index in [4.69, 9.17) is 10.7 Å². The third-order valence-corrected chi connectivity index (χ3v) is 4.74. The van der Waals surface area contributed by atoms with Crippen LogP contribution in [0.4, 0.5) is 10.1 Å². The summed E-state index contributed by atoms with van der Waals surface area (Å²) in [5, 5.41) is 0. The number of anilines is 1. The largest absolute Gasteiger partial charge is 0.399 e. The van der Waals surface area contributed by atoms with E-state index in [1.54, 1.807) is 0 Å². The quantitative estimate of drug-likeness (QED) is 0.581. The monoisotopic (exact) mass is 349 g/mol. The fourth-order valence-electron chi connectivity index (χ4n) is 3.25. The predicted octanol–water partition coefficient (Wildman–Crippen LogP) is 3.13. The lowest BCUT2D eigenvalue weighted by atomic mass is 10.1. The lowest BCUT2D eigenvalue weighted by molar-refractivity contribution is 0.242. The highest BCUT2D eigenvalue weighted by molar-refractivity contribution is 5.58. The topological polar surface area (TPSA) is 67.9 Å². The summed E-state index contributed by atoms with van der Waals surface area (Å²) in [4.78, 5) is 15.5. The fraction of sp³-hybridized carbons (Fsp3) is 0.250. The molecule has 0 radical (unpaired) electrons. The van der Waals surface area contributed by atoms with Crippen molar-refractivity contribution in [2.75, 3.05) is 12.3 Å². The Hall–Kier alpha value is -2.86. The minimum absolute atomic E-state index is 0.432. The van der Waals surface area contributed by atoms with E-state index in [1.165, 1.54) is 6.07 Å². The summed E-state index contributed by atoms with van der Waals surface area (Å²) >= 11 is 0. The van der Waals surface area contributed by atoms with Crippen LogP contribution in [0.25, 0.3) is 11.4 Å². The van der Waals surface area contributed by atoms with Crippen LogP contribution in [0.5, 0.6) is 0 Å². The van der Waals surface area contributed by atoms with Crippen molar-refractivity contribution < 1.29 is 4.39 Å². The number of nitrogens with two attached hydrogens (primary N) is 1. The smallest absolute Gasteiger partial charge is 0.213 e. The average Bonchev–Trinajstić information content (AvgIpc) is 2.64. The van der Waals surface area contributed by atoms with Crippen molar-refractivity contribution in [1.29, 1.82) is 0 Å². The maximum atomic E-state index is 13.2. The average molecular weight is 349 g/mol. The summed E-state index contributed by atoms with van der Waals surface area (Å²) in [6, 6.07) is 10.8. The molecule has 0 saturated carbocycles. The van der Waals surface area contributed by atoms with E-state index in [2.05, 4.69) is 14.9 Å². The molecule has 1 aliphatic rings. The van der Waals surface area contributed by atoms with Gasteiger partial charge in [-0.05, 0) is 42.8 Å². The predicted molar refractivity (Wildman–Crippen MR) is 98.6 cm³/mol. The van der Waals surface area contributed by atoms with Gasteiger partial charge in [0.15, 0.2) is 5.82 Å². The molecule has 132 valence electrons. The van der Waals surface area contributed by atoms with Crippen molar-refractivity contribution in [3.05, 3.63) is 71.1 Å². The number of nitrogens with zero attached hydrogens (tertiary/aromatic N) is 4. The van der Waals surface area contributed by atoms with Crippen LogP contribution < -0.4 is 5.73 Å². The molecule has 2 aromatic heterocycles.